The van der Waals surface area contributed by atoms with Crippen molar-refractivity contribution in [2.24, 2.45) is 0 Å². The maximum Gasteiger partial charge on any atom is 0.301 e. The van der Waals surface area contributed by atoms with Crippen molar-refractivity contribution in [3.63, 3.8) is 0 Å². The molecule has 6 heteroatoms. The van der Waals surface area contributed by atoms with Crippen molar-refractivity contribution in [3.05, 3.63) is 29.8 Å². The molecule has 0 amide bonds. The highest BCUT2D eigenvalue weighted by atomic mass is 32.2. The molecule has 18 heavy (non-hydrogen) atoms. The van der Waals surface area contributed by atoms with Crippen LogP contribution in [-0.4, -0.2) is 38.4 Å². The van der Waals surface area contributed by atoms with Gasteiger partial charge in [0.15, 0.2) is 0 Å². The summed E-state index contributed by atoms with van der Waals surface area (Å²) in [6.45, 7) is 5.57. The summed E-state index contributed by atoms with van der Waals surface area (Å²) in [5, 5.41) is 3.23. The molecule has 0 radical (unpaired) electrons. The quantitative estimate of drug-likeness (QED) is 0.858. The van der Waals surface area contributed by atoms with E-state index < -0.39 is 10.2 Å². The Balaban J connectivity index is 2.14. The van der Waals surface area contributed by atoms with Gasteiger partial charge in [0.05, 0.1) is 5.69 Å². The minimum atomic E-state index is -3.45. The fourth-order valence-electron chi connectivity index (χ4n) is 2.01. The molecule has 1 fully saturated rings. The lowest BCUT2D eigenvalue weighted by Gasteiger charge is -2.31. The lowest BCUT2D eigenvalue weighted by atomic mass is 10.2. The van der Waals surface area contributed by atoms with Crippen LogP contribution in [0.5, 0.6) is 0 Å². The van der Waals surface area contributed by atoms with E-state index in [0.29, 0.717) is 25.3 Å². The first kappa shape index (κ1) is 13.3. The largest absolute Gasteiger partial charge is 0.312 e. The van der Waals surface area contributed by atoms with Crippen LogP contribution in [0.3, 0.4) is 0 Å². The summed E-state index contributed by atoms with van der Waals surface area (Å²) in [5.41, 5.74) is 1.56. The van der Waals surface area contributed by atoms with Crippen LogP contribution in [0.15, 0.2) is 24.3 Å². The molecule has 0 bridgehead atoms. The van der Waals surface area contributed by atoms with Gasteiger partial charge in [-0.1, -0.05) is 18.2 Å². The van der Waals surface area contributed by atoms with E-state index in [1.54, 1.807) is 6.07 Å². The Bertz CT molecular complexity index is 516. The molecule has 1 heterocycles. The molecule has 1 saturated heterocycles. The molecule has 1 aliphatic heterocycles. The smallest absolute Gasteiger partial charge is 0.301 e. The Kier molecular flexibility index (Phi) is 3.89. The monoisotopic (exact) mass is 269 g/mol. The number of anilines is 1. The van der Waals surface area contributed by atoms with Gasteiger partial charge in [0, 0.05) is 25.7 Å². The van der Waals surface area contributed by atoms with Crippen LogP contribution in [0, 0.1) is 6.92 Å². The maximum absolute atomic E-state index is 12.2. The Labute approximate surface area is 108 Å². The molecule has 0 spiro atoms. The fourth-order valence-corrected chi connectivity index (χ4v) is 3.39. The number of hydrogen-bond donors (Lipinski definition) is 2. The lowest BCUT2D eigenvalue weighted by molar-refractivity contribution is 0.312. The van der Waals surface area contributed by atoms with Gasteiger partial charge in [-0.2, -0.15) is 12.7 Å². The molecule has 0 unspecified atom stereocenters. The Morgan fingerprint density at radius 2 is 2.11 bits per heavy atom. The van der Waals surface area contributed by atoms with Crippen LogP contribution in [-0.2, 0) is 10.2 Å². The van der Waals surface area contributed by atoms with Crippen molar-refractivity contribution in [1.82, 2.24) is 9.62 Å². The van der Waals surface area contributed by atoms with E-state index in [1.165, 1.54) is 4.31 Å². The molecule has 1 atom stereocenters. The van der Waals surface area contributed by atoms with Crippen LogP contribution in [0.25, 0.3) is 0 Å². The van der Waals surface area contributed by atoms with Gasteiger partial charge >= 0.3 is 10.2 Å². The third kappa shape index (κ3) is 3.01. The van der Waals surface area contributed by atoms with E-state index in [-0.39, 0.29) is 6.04 Å². The van der Waals surface area contributed by atoms with Crippen LogP contribution in [0.4, 0.5) is 5.69 Å². The first-order valence-electron chi connectivity index (χ1n) is 6.06. The first-order chi connectivity index (χ1) is 8.49. The number of nitrogens with one attached hydrogen (secondary N) is 2. The van der Waals surface area contributed by atoms with Gasteiger partial charge in [0.1, 0.15) is 0 Å². The van der Waals surface area contributed by atoms with Crippen molar-refractivity contribution in [2.45, 2.75) is 19.9 Å². The van der Waals surface area contributed by atoms with Crippen LogP contribution >= 0.6 is 0 Å². The third-order valence-electron chi connectivity index (χ3n) is 3.06. The van der Waals surface area contributed by atoms with E-state index in [4.69, 9.17) is 0 Å². The number of aryl methyl sites for hydroxylation is 1. The zero-order chi connectivity index (χ0) is 13.2. The summed E-state index contributed by atoms with van der Waals surface area (Å²) in [5.74, 6) is 0. The lowest BCUT2D eigenvalue weighted by Crippen LogP contribution is -2.52. The topological polar surface area (TPSA) is 61.4 Å². The molecule has 1 aliphatic rings. The van der Waals surface area contributed by atoms with Crippen molar-refractivity contribution in [3.8, 4) is 0 Å². The molecule has 0 aromatic heterocycles. The van der Waals surface area contributed by atoms with Gasteiger partial charge in [-0.25, -0.2) is 0 Å². The van der Waals surface area contributed by atoms with E-state index in [0.717, 1.165) is 5.56 Å². The molecule has 1 aromatic carbocycles. The van der Waals surface area contributed by atoms with Crippen molar-refractivity contribution in [2.75, 3.05) is 24.4 Å². The van der Waals surface area contributed by atoms with E-state index in [2.05, 4.69) is 10.0 Å². The predicted octanol–water partition coefficient (Wildman–Crippen LogP) is 0.945. The standard InChI is InChI=1S/C12H19N3O2S/c1-10-5-3-4-6-12(10)14-18(16,17)15-8-7-13-11(2)9-15/h3-6,11,13-14H,7-9H2,1-2H3/t11-/m0/s1. The average Bonchev–Trinajstić information content (AvgIpc) is 2.32. The minimum Gasteiger partial charge on any atom is -0.312 e. The summed E-state index contributed by atoms with van der Waals surface area (Å²) >= 11 is 0. The Morgan fingerprint density at radius 1 is 1.39 bits per heavy atom. The number of hydrogen-bond acceptors (Lipinski definition) is 3. The second-order valence-corrected chi connectivity index (χ2v) is 6.31. The molecular weight excluding hydrogens is 250 g/mol. The molecule has 0 aliphatic carbocycles. The second kappa shape index (κ2) is 5.26. The summed E-state index contributed by atoms with van der Waals surface area (Å²) in [6, 6.07) is 7.56. The third-order valence-corrected chi connectivity index (χ3v) is 4.54. The van der Waals surface area contributed by atoms with Crippen molar-refractivity contribution in [1.29, 1.82) is 0 Å². The summed E-state index contributed by atoms with van der Waals surface area (Å²) in [7, 11) is -3.45. The first-order valence-corrected chi connectivity index (χ1v) is 7.50. The maximum atomic E-state index is 12.2. The summed E-state index contributed by atoms with van der Waals surface area (Å²) < 4.78 is 28.6. The van der Waals surface area contributed by atoms with Crippen molar-refractivity contribution >= 4 is 15.9 Å². The van der Waals surface area contributed by atoms with Gasteiger partial charge in [0.25, 0.3) is 0 Å². The van der Waals surface area contributed by atoms with Gasteiger partial charge < -0.3 is 5.32 Å². The number of nitrogens with zero attached hydrogens (tertiary/aromatic N) is 1. The van der Waals surface area contributed by atoms with Gasteiger partial charge in [-0.3, -0.25) is 4.72 Å². The van der Waals surface area contributed by atoms with Crippen LogP contribution < -0.4 is 10.0 Å². The Morgan fingerprint density at radius 3 is 2.78 bits per heavy atom. The minimum absolute atomic E-state index is 0.187. The molecular formula is C12H19N3O2S. The van der Waals surface area contributed by atoms with E-state index >= 15 is 0 Å². The van der Waals surface area contributed by atoms with Crippen LogP contribution in [0.2, 0.25) is 0 Å². The molecule has 0 saturated carbocycles. The molecule has 5 nitrogen and oxygen atoms in total. The number of piperazine rings is 1. The van der Waals surface area contributed by atoms with E-state index in [1.807, 2.05) is 32.0 Å². The predicted molar refractivity (Wildman–Crippen MR) is 72.8 cm³/mol. The Hall–Kier alpha value is -1.11. The second-order valence-electron chi connectivity index (χ2n) is 4.64. The zero-order valence-corrected chi connectivity index (χ0v) is 11.5. The zero-order valence-electron chi connectivity index (χ0n) is 10.7. The van der Waals surface area contributed by atoms with E-state index in [9.17, 15) is 8.42 Å². The van der Waals surface area contributed by atoms with Gasteiger partial charge in [0.2, 0.25) is 0 Å². The fraction of sp³-hybridized carbons (Fsp3) is 0.500. The molecule has 2 rings (SSSR count). The van der Waals surface area contributed by atoms with Crippen molar-refractivity contribution < 1.29 is 8.42 Å². The highest BCUT2D eigenvalue weighted by molar-refractivity contribution is 7.90. The normalized spacial score (nSPS) is 21.8. The molecule has 100 valence electrons. The van der Waals surface area contributed by atoms with Crippen LogP contribution in [0.1, 0.15) is 12.5 Å². The highest BCUT2D eigenvalue weighted by Crippen LogP contribution is 2.17. The SMILES string of the molecule is Cc1ccccc1NS(=O)(=O)N1CCN[C@@H](C)C1. The number of benzene rings is 1. The molecule has 2 N–H and O–H groups in total. The average molecular weight is 269 g/mol. The van der Waals surface area contributed by atoms with Gasteiger partial charge in [-0.05, 0) is 25.5 Å². The highest BCUT2D eigenvalue weighted by Gasteiger charge is 2.26. The van der Waals surface area contributed by atoms with Gasteiger partial charge in [-0.15, -0.1) is 0 Å². The number of rotatable bonds is 3. The summed E-state index contributed by atoms with van der Waals surface area (Å²) in [6.07, 6.45) is 0. The number of para-hydroxylation sites is 1. The summed E-state index contributed by atoms with van der Waals surface area (Å²) in [4.78, 5) is 0. The molecule has 1 aromatic rings.